The number of nitriles is 1. The lowest BCUT2D eigenvalue weighted by Crippen LogP contribution is -2.55. The van der Waals surface area contributed by atoms with Gasteiger partial charge in [-0.25, -0.2) is 9.59 Å². The monoisotopic (exact) mass is 475 g/mol. The molecule has 2 N–H and O–H groups in total. The maximum Gasteiger partial charge on any atom is 0.407 e. The van der Waals surface area contributed by atoms with E-state index >= 15 is 0 Å². The molecule has 182 valence electrons. The third-order valence-corrected chi connectivity index (χ3v) is 6.79. The standard InChI is InChI=1S/C27H29N3O5/c28-15-7-5-13-23(25(31)30-16-8-6-14-24(30)26(32)33)29-27(34)35-17-22-20-11-3-1-9-18(20)19-10-2-4-12-21(19)22/h1-4,9-12,22-24H,5-8,13-14,16-17H2,(H,29,34)(H,32,33). The number of benzene rings is 2. The SMILES string of the molecule is N#CCCCC(NC(=O)OCC1c2ccccc2-c2ccccc21)C(=O)N1CCCCC1C(=O)O. The third kappa shape index (κ3) is 5.29. The van der Waals surface area contributed by atoms with Gasteiger partial charge in [-0.1, -0.05) is 48.5 Å². The highest BCUT2D eigenvalue weighted by atomic mass is 16.5. The normalized spacial score (nSPS) is 17.6. The highest BCUT2D eigenvalue weighted by Crippen LogP contribution is 2.44. The molecule has 0 aromatic heterocycles. The third-order valence-electron chi connectivity index (χ3n) is 6.79. The molecule has 1 heterocycles. The van der Waals surface area contributed by atoms with E-state index in [2.05, 4.69) is 17.4 Å². The second-order valence-electron chi connectivity index (χ2n) is 8.95. The Morgan fingerprint density at radius 3 is 2.37 bits per heavy atom. The molecule has 1 saturated heterocycles. The van der Waals surface area contributed by atoms with Gasteiger partial charge in [0.15, 0.2) is 0 Å². The summed E-state index contributed by atoms with van der Waals surface area (Å²) in [5, 5.41) is 21.1. The summed E-state index contributed by atoms with van der Waals surface area (Å²) in [6.07, 6.45) is 1.98. The molecule has 0 spiro atoms. The van der Waals surface area contributed by atoms with E-state index in [1.807, 2.05) is 42.5 Å². The number of fused-ring (bicyclic) bond motifs is 3. The van der Waals surface area contributed by atoms with Crippen LogP contribution in [0.3, 0.4) is 0 Å². The van der Waals surface area contributed by atoms with Gasteiger partial charge in [-0.2, -0.15) is 5.26 Å². The highest BCUT2D eigenvalue weighted by molar-refractivity contribution is 5.89. The van der Waals surface area contributed by atoms with E-state index in [9.17, 15) is 19.5 Å². The Morgan fingerprint density at radius 2 is 1.74 bits per heavy atom. The van der Waals surface area contributed by atoms with Crippen LogP contribution in [0.2, 0.25) is 0 Å². The molecule has 2 aromatic rings. The number of nitrogens with one attached hydrogen (secondary N) is 1. The second-order valence-corrected chi connectivity index (χ2v) is 8.95. The van der Waals surface area contributed by atoms with Crippen LogP contribution >= 0.6 is 0 Å². The number of hydrogen-bond acceptors (Lipinski definition) is 5. The molecule has 35 heavy (non-hydrogen) atoms. The smallest absolute Gasteiger partial charge is 0.407 e. The van der Waals surface area contributed by atoms with Crippen LogP contribution in [0.15, 0.2) is 48.5 Å². The number of alkyl carbamates (subject to hydrolysis) is 1. The zero-order valence-electron chi connectivity index (χ0n) is 19.5. The lowest BCUT2D eigenvalue weighted by molar-refractivity contribution is -0.153. The lowest BCUT2D eigenvalue weighted by Gasteiger charge is -2.35. The van der Waals surface area contributed by atoms with Crippen molar-refractivity contribution in [3.63, 3.8) is 0 Å². The van der Waals surface area contributed by atoms with E-state index in [0.29, 0.717) is 25.8 Å². The van der Waals surface area contributed by atoms with Gasteiger partial charge in [0.25, 0.3) is 0 Å². The fourth-order valence-corrected chi connectivity index (χ4v) is 5.08. The number of amides is 2. The zero-order valence-corrected chi connectivity index (χ0v) is 19.5. The van der Waals surface area contributed by atoms with Crippen molar-refractivity contribution < 1.29 is 24.2 Å². The maximum atomic E-state index is 13.2. The lowest BCUT2D eigenvalue weighted by atomic mass is 9.98. The molecule has 8 nitrogen and oxygen atoms in total. The number of nitrogens with zero attached hydrogens (tertiary/aromatic N) is 2. The molecule has 4 rings (SSSR count). The van der Waals surface area contributed by atoms with Crippen molar-refractivity contribution in [3.05, 3.63) is 59.7 Å². The zero-order chi connectivity index (χ0) is 24.8. The van der Waals surface area contributed by atoms with Gasteiger partial charge in [-0.15, -0.1) is 0 Å². The van der Waals surface area contributed by atoms with E-state index in [1.165, 1.54) is 4.90 Å². The largest absolute Gasteiger partial charge is 0.480 e. The average Bonchev–Trinajstić information content (AvgIpc) is 3.20. The van der Waals surface area contributed by atoms with E-state index in [-0.39, 0.29) is 25.4 Å². The van der Waals surface area contributed by atoms with Crippen LogP contribution in [0.25, 0.3) is 11.1 Å². The summed E-state index contributed by atoms with van der Waals surface area (Å²) in [7, 11) is 0. The number of hydrogen-bond donors (Lipinski definition) is 2. The topological polar surface area (TPSA) is 120 Å². The van der Waals surface area contributed by atoms with Crippen molar-refractivity contribution in [1.29, 1.82) is 5.26 Å². The number of aliphatic carboxylic acids is 1. The molecule has 2 aliphatic rings. The first-order valence-corrected chi connectivity index (χ1v) is 12.0. The predicted octanol–water partition coefficient (Wildman–Crippen LogP) is 4.05. The van der Waals surface area contributed by atoms with Gasteiger partial charge in [0, 0.05) is 18.9 Å². The Balaban J connectivity index is 1.44. The minimum atomic E-state index is -1.05. The number of rotatable bonds is 8. The quantitative estimate of drug-likeness (QED) is 0.556. The van der Waals surface area contributed by atoms with Gasteiger partial charge < -0.3 is 20.1 Å². The summed E-state index contributed by atoms with van der Waals surface area (Å²) in [6, 6.07) is 16.2. The molecule has 2 aromatic carbocycles. The summed E-state index contributed by atoms with van der Waals surface area (Å²) < 4.78 is 5.59. The minimum Gasteiger partial charge on any atom is -0.480 e. The molecule has 0 radical (unpaired) electrons. The van der Waals surface area contributed by atoms with Crippen LogP contribution in [-0.2, 0) is 14.3 Å². The van der Waals surface area contributed by atoms with Crippen molar-refractivity contribution in [1.82, 2.24) is 10.2 Å². The van der Waals surface area contributed by atoms with Crippen LogP contribution in [0.4, 0.5) is 4.79 Å². The Bertz CT molecular complexity index is 1100. The van der Waals surface area contributed by atoms with Crippen LogP contribution in [0.1, 0.15) is 55.6 Å². The van der Waals surface area contributed by atoms with Crippen molar-refractivity contribution >= 4 is 18.0 Å². The predicted molar refractivity (Wildman–Crippen MR) is 128 cm³/mol. The van der Waals surface area contributed by atoms with Crippen LogP contribution < -0.4 is 5.32 Å². The molecule has 2 unspecified atom stereocenters. The molecule has 1 aliphatic carbocycles. The number of carboxylic acid groups (broad SMARTS) is 1. The molecular formula is C27H29N3O5. The van der Waals surface area contributed by atoms with Crippen LogP contribution in [0, 0.1) is 11.3 Å². The number of likely N-dealkylation sites (tertiary alicyclic amines) is 1. The van der Waals surface area contributed by atoms with Gasteiger partial charge >= 0.3 is 12.1 Å². The van der Waals surface area contributed by atoms with Crippen molar-refractivity contribution in [2.75, 3.05) is 13.2 Å². The average molecular weight is 476 g/mol. The second kappa shape index (κ2) is 11.0. The highest BCUT2D eigenvalue weighted by Gasteiger charge is 2.36. The molecule has 0 bridgehead atoms. The van der Waals surface area contributed by atoms with Crippen molar-refractivity contribution in [3.8, 4) is 17.2 Å². The number of unbranched alkanes of at least 4 members (excludes halogenated alkanes) is 1. The number of piperidine rings is 1. The fourth-order valence-electron chi connectivity index (χ4n) is 5.08. The van der Waals surface area contributed by atoms with Crippen LogP contribution in [-0.4, -0.2) is 53.2 Å². The first kappa shape index (κ1) is 24.3. The summed E-state index contributed by atoms with van der Waals surface area (Å²) in [5.41, 5.74) is 4.40. The molecule has 2 atom stereocenters. The van der Waals surface area contributed by atoms with Crippen molar-refractivity contribution in [2.24, 2.45) is 0 Å². The van der Waals surface area contributed by atoms with E-state index in [0.717, 1.165) is 28.7 Å². The molecule has 0 saturated carbocycles. The Kier molecular flexibility index (Phi) is 7.66. The first-order valence-electron chi connectivity index (χ1n) is 12.0. The first-order chi connectivity index (χ1) is 17.0. The Morgan fingerprint density at radius 1 is 1.09 bits per heavy atom. The van der Waals surface area contributed by atoms with Crippen LogP contribution in [0.5, 0.6) is 0 Å². The van der Waals surface area contributed by atoms with Gasteiger partial charge in [-0.3, -0.25) is 4.79 Å². The fraction of sp³-hybridized carbons (Fsp3) is 0.407. The van der Waals surface area contributed by atoms with Crippen molar-refractivity contribution in [2.45, 2.75) is 56.5 Å². The summed E-state index contributed by atoms with van der Waals surface area (Å²) in [4.78, 5) is 39.0. The minimum absolute atomic E-state index is 0.112. The number of ether oxygens (including phenoxy) is 1. The van der Waals surface area contributed by atoms with E-state index in [1.54, 1.807) is 0 Å². The maximum absolute atomic E-state index is 13.2. The molecule has 1 aliphatic heterocycles. The number of carboxylic acids is 1. The molecule has 2 amide bonds. The Labute approximate surface area is 204 Å². The number of carbonyl (C=O) groups excluding carboxylic acids is 2. The molecule has 8 heteroatoms. The van der Waals surface area contributed by atoms with E-state index < -0.39 is 30.1 Å². The van der Waals surface area contributed by atoms with Gasteiger partial charge in [0.1, 0.15) is 18.7 Å². The van der Waals surface area contributed by atoms with E-state index in [4.69, 9.17) is 10.00 Å². The summed E-state index contributed by atoms with van der Waals surface area (Å²) in [5.74, 6) is -1.60. The molecular weight excluding hydrogens is 446 g/mol. The summed E-state index contributed by atoms with van der Waals surface area (Å²) in [6.45, 7) is 0.442. The van der Waals surface area contributed by atoms with Gasteiger partial charge in [0.05, 0.1) is 6.07 Å². The number of carbonyl (C=O) groups is 3. The summed E-state index contributed by atoms with van der Waals surface area (Å²) >= 11 is 0. The van der Waals surface area contributed by atoms with Gasteiger partial charge in [-0.05, 0) is 54.4 Å². The Hall–Kier alpha value is -3.86. The van der Waals surface area contributed by atoms with Gasteiger partial charge in [0.2, 0.25) is 5.91 Å². The molecule has 1 fully saturated rings.